The average Bonchev–Trinajstić information content (AvgIpc) is 2.88. The third-order valence-electron chi connectivity index (χ3n) is 3.86. The maximum absolute atomic E-state index is 12.1. The van der Waals surface area contributed by atoms with Gasteiger partial charge in [-0.05, 0) is 32.1 Å². The SMILES string of the molecule is CC(C)[C@H](CNC(=O)Cn1nc(-c2ccccc2)oc1=O)N(C)C. The summed E-state index contributed by atoms with van der Waals surface area (Å²) in [4.78, 5) is 26.0. The zero-order valence-corrected chi connectivity index (χ0v) is 14.5. The summed E-state index contributed by atoms with van der Waals surface area (Å²) in [7, 11) is 3.95. The van der Waals surface area contributed by atoms with Crippen molar-refractivity contribution in [2.45, 2.75) is 26.4 Å². The Balaban J connectivity index is 2.00. The average molecular weight is 332 g/mol. The molecule has 0 spiro atoms. The number of rotatable bonds is 7. The molecule has 2 rings (SSSR count). The van der Waals surface area contributed by atoms with Crippen molar-refractivity contribution in [3.8, 4) is 11.5 Å². The van der Waals surface area contributed by atoms with E-state index in [4.69, 9.17) is 4.42 Å². The number of carbonyl (C=O) groups excluding carboxylic acids is 1. The van der Waals surface area contributed by atoms with Gasteiger partial charge in [0.1, 0.15) is 6.54 Å². The van der Waals surface area contributed by atoms with Crippen molar-refractivity contribution in [1.82, 2.24) is 20.0 Å². The number of amides is 1. The van der Waals surface area contributed by atoms with Crippen LogP contribution in [0.1, 0.15) is 13.8 Å². The summed E-state index contributed by atoms with van der Waals surface area (Å²) in [5.41, 5.74) is 0.696. The minimum Gasteiger partial charge on any atom is -0.388 e. The molecule has 0 unspecified atom stereocenters. The fraction of sp³-hybridized carbons (Fsp3) is 0.471. The number of nitrogens with zero attached hydrogens (tertiary/aromatic N) is 3. The topological polar surface area (TPSA) is 80.4 Å². The van der Waals surface area contributed by atoms with Crippen LogP contribution in [0.5, 0.6) is 0 Å². The quantitative estimate of drug-likeness (QED) is 0.824. The monoisotopic (exact) mass is 332 g/mol. The molecule has 1 amide bonds. The normalized spacial score (nSPS) is 12.6. The summed E-state index contributed by atoms with van der Waals surface area (Å²) in [6, 6.07) is 9.33. The van der Waals surface area contributed by atoms with Gasteiger partial charge in [-0.25, -0.2) is 4.79 Å². The van der Waals surface area contributed by atoms with Gasteiger partial charge >= 0.3 is 5.76 Å². The molecular formula is C17H24N4O3. The summed E-state index contributed by atoms with van der Waals surface area (Å²) >= 11 is 0. The Morgan fingerprint density at radius 1 is 1.29 bits per heavy atom. The molecule has 0 radical (unpaired) electrons. The lowest BCUT2D eigenvalue weighted by molar-refractivity contribution is -0.122. The summed E-state index contributed by atoms with van der Waals surface area (Å²) in [5, 5.41) is 6.93. The predicted octanol–water partition coefficient (Wildman–Crippen LogP) is 1.21. The van der Waals surface area contributed by atoms with Gasteiger partial charge in [-0.2, -0.15) is 4.68 Å². The Kier molecular flexibility index (Phi) is 5.92. The van der Waals surface area contributed by atoms with Crippen molar-refractivity contribution < 1.29 is 9.21 Å². The number of hydrogen-bond acceptors (Lipinski definition) is 5. The van der Waals surface area contributed by atoms with E-state index in [0.29, 0.717) is 18.0 Å². The van der Waals surface area contributed by atoms with Crippen LogP contribution in [-0.4, -0.2) is 47.3 Å². The molecule has 0 fully saturated rings. The van der Waals surface area contributed by atoms with Crippen molar-refractivity contribution in [2.24, 2.45) is 5.92 Å². The Bertz CT molecular complexity index is 711. The van der Waals surface area contributed by atoms with Crippen molar-refractivity contribution >= 4 is 5.91 Å². The molecule has 1 heterocycles. The third kappa shape index (κ3) is 4.55. The van der Waals surface area contributed by atoms with Gasteiger partial charge in [0.2, 0.25) is 11.8 Å². The Labute approximate surface area is 141 Å². The standard InChI is InChI=1S/C17H24N4O3/c1-12(2)14(20(3)4)10-18-15(22)11-21-17(23)24-16(19-21)13-8-6-5-7-9-13/h5-9,12,14H,10-11H2,1-4H3,(H,18,22)/t14-/m0/s1. The van der Waals surface area contributed by atoms with E-state index in [9.17, 15) is 9.59 Å². The molecule has 1 N–H and O–H groups in total. The minimum atomic E-state index is -0.642. The molecule has 24 heavy (non-hydrogen) atoms. The van der Waals surface area contributed by atoms with Gasteiger partial charge in [0.25, 0.3) is 0 Å². The second-order valence-electron chi connectivity index (χ2n) is 6.28. The maximum atomic E-state index is 12.1. The molecule has 1 aromatic heterocycles. The Hall–Kier alpha value is -2.41. The Morgan fingerprint density at radius 3 is 2.54 bits per heavy atom. The lowest BCUT2D eigenvalue weighted by atomic mass is 10.0. The van der Waals surface area contributed by atoms with Gasteiger partial charge in [-0.3, -0.25) is 4.79 Å². The second kappa shape index (κ2) is 7.92. The highest BCUT2D eigenvalue weighted by atomic mass is 16.4. The zero-order valence-electron chi connectivity index (χ0n) is 14.5. The highest BCUT2D eigenvalue weighted by Gasteiger charge is 2.18. The third-order valence-corrected chi connectivity index (χ3v) is 3.86. The van der Waals surface area contributed by atoms with Gasteiger partial charge in [-0.1, -0.05) is 32.0 Å². The lowest BCUT2D eigenvalue weighted by Crippen LogP contribution is -2.44. The number of carbonyl (C=O) groups is 1. The summed E-state index contributed by atoms with van der Waals surface area (Å²) in [6.45, 7) is 4.56. The van der Waals surface area contributed by atoms with Crippen LogP contribution < -0.4 is 11.1 Å². The van der Waals surface area contributed by atoms with Crippen LogP contribution in [0.4, 0.5) is 0 Å². The molecule has 7 nitrogen and oxygen atoms in total. The van der Waals surface area contributed by atoms with Gasteiger partial charge in [0.15, 0.2) is 0 Å². The number of likely N-dealkylation sites (N-methyl/N-ethyl adjacent to an activating group) is 1. The Morgan fingerprint density at radius 2 is 1.96 bits per heavy atom. The molecular weight excluding hydrogens is 308 g/mol. The van der Waals surface area contributed by atoms with Crippen LogP contribution in [0.3, 0.4) is 0 Å². The zero-order chi connectivity index (χ0) is 17.7. The van der Waals surface area contributed by atoms with Crippen molar-refractivity contribution in [3.63, 3.8) is 0 Å². The summed E-state index contributed by atoms with van der Waals surface area (Å²) in [6.07, 6.45) is 0. The molecule has 0 saturated heterocycles. The molecule has 130 valence electrons. The van der Waals surface area contributed by atoms with E-state index in [1.165, 1.54) is 0 Å². The lowest BCUT2D eigenvalue weighted by Gasteiger charge is -2.28. The first-order chi connectivity index (χ1) is 11.4. The smallest absolute Gasteiger partial charge is 0.388 e. The van der Waals surface area contributed by atoms with Crippen molar-refractivity contribution in [2.75, 3.05) is 20.6 Å². The van der Waals surface area contributed by atoms with E-state index >= 15 is 0 Å². The predicted molar refractivity (Wildman–Crippen MR) is 91.5 cm³/mol. The van der Waals surface area contributed by atoms with Crippen LogP contribution in [0.15, 0.2) is 39.5 Å². The van der Waals surface area contributed by atoms with E-state index in [-0.39, 0.29) is 24.4 Å². The molecule has 0 aliphatic carbocycles. The van der Waals surface area contributed by atoms with Crippen molar-refractivity contribution in [1.29, 1.82) is 0 Å². The van der Waals surface area contributed by atoms with E-state index < -0.39 is 5.76 Å². The van der Waals surface area contributed by atoms with E-state index in [0.717, 1.165) is 4.68 Å². The molecule has 1 aromatic carbocycles. The number of hydrogen-bond donors (Lipinski definition) is 1. The largest absolute Gasteiger partial charge is 0.437 e. The fourth-order valence-corrected chi connectivity index (χ4v) is 2.53. The molecule has 2 aromatic rings. The molecule has 0 bridgehead atoms. The first-order valence-electron chi connectivity index (χ1n) is 7.95. The molecule has 0 saturated carbocycles. The first-order valence-corrected chi connectivity index (χ1v) is 7.95. The summed E-state index contributed by atoms with van der Waals surface area (Å²) in [5.74, 6) is -0.295. The van der Waals surface area contributed by atoms with Gasteiger partial charge in [0, 0.05) is 18.2 Å². The van der Waals surface area contributed by atoms with Gasteiger partial charge < -0.3 is 14.6 Å². The highest BCUT2D eigenvalue weighted by Crippen LogP contribution is 2.13. The van der Waals surface area contributed by atoms with Crippen LogP contribution in [0.25, 0.3) is 11.5 Å². The van der Waals surface area contributed by atoms with Crippen LogP contribution in [-0.2, 0) is 11.3 Å². The number of benzene rings is 1. The maximum Gasteiger partial charge on any atom is 0.437 e. The highest BCUT2D eigenvalue weighted by molar-refractivity contribution is 5.75. The first kappa shape index (κ1) is 17.9. The minimum absolute atomic E-state index is 0.159. The van der Waals surface area contributed by atoms with Crippen molar-refractivity contribution in [3.05, 3.63) is 40.9 Å². The number of aromatic nitrogens is 2. The van der Waals surface area contributed by atoms with Gasteiger partial charge in [0.05, 0.1) is 0 Å². The molecule has 0 aliphatic rings. The number of nitrogens with one attached hydrogen (secondary N) is 1. The molecule has 1 atom stereocenters. The van der Waals surface area contributed by atoms with E-state index in [1.807, 2.05) is 32.3 Å². The molecule has 0 aliphatic heterocycles. The van der Waals surface area contributed by atoms with Crippen LogP contribution in [0, 0.1) is 5.92 Å². The fourth-order valence-electron chi connectivity index (χ4n) is 2.53. The summed E-state index contributed by atoms with van der Waals surface area (Å²) < 4.78 is 6.15. The van der Waals surface area contributed by atoms with Gasteiger partial charge in [-0.15, -0.1) is 5.10 Å². The van der Waals surface area contributed by atoms with Crippen LogP contribution in [0.2, 0.25) is 0 Å². The second-order valence-corrected chi connectivity index (χ2v) is 6.28. The van der Waals surface area contributed by atoms with E-state index in [2.05, 4.69) is 29.2 Å². The molecule has 7 heteroatoms. The van der Waals surface area contributed by atoms with Crippen LogP contribution >= 0.6 is 0 Å². The van der Waals surface area contributed by atoms with E-state index in [1.54, 1.807) is 12.1 Å².